The zero-order valence-electron chi connectivity index (χ0n) is 9.82. The molecule has 16 heavy (non-hydrogen) atoms. The number of rotatable bonds is 8. The second-order valence-electron chi connectivity index (χ2n) is 4.34. The summed E-state index contributed by atoms with van der Waals surface area (Å²) in [6.07, 6.45) is 2.73. The second-order valence-corrected chi connectivity index (χ2v) is 4.70. The van der Waals surface area contributed by atoms with Crippen LogP contribution in [0, 0.1) is 5.92 Å². The van der Waals surface area contributed by atoms with Gasteiger partial charge in [0.1, 0.15) is 0 Å². The molecule has 3 N–H and O–H groups in total. The average Bonchev–Trinajstić information content (AvgIpc) is 2.65. The number of nitrogens with two attached hydrogens (primary N) is 1. The maximum Gasteiger partial charge on any atom is 0.222 e. The molecule has 1 aliphatic rings. The fourth-order valence-corrected chi connectivity index (χ4v) is 2.18. The van der Waals surface area contributed by atoms with E-state index in [4.69, 9.17) is 5.73 Å². The van der Waals surface area contributed by atoms with Crippen LogP contribution in [0.4, 0.5) is 0 Å². The standard InChI is InChI=1S/C11H23N3OS/c12-3-1-4-13-5-2-6-14-8-10(9-16)7-11(14)15/h10,13,16H,1-9,12H2. The van der Waals surface area contributed by atoms with Crippen LogP contribution in [0.25, 0.3) is 0 Å². The van der Waals surface area contributed by atoms with Gasteiger partial charge in [-0.05, 0) is 44.1 Å². The number of likely N-dealkylation sites (tertiary alicyclic amines) is 1. The van der Waals surface area contributed by atoms with Gasteiger partial charge in [0.2, 0.25) is 5.91 Å². The van der Waals surface area contributed by atoms with E-state index < -0.39 is 0 Å². The predicted octanol–water partition coefficient (Wildman–Crippen LogP) is 0.0932. The van der Waals surface area contributed by atoms with E-state index in [0.29, 0.717) is 18.2 Å². The summed E-state index contributed by atoms with van der Waals surface area (Å²) in [5.74, 6) is 1.57. The van der Waals surface area contributed by atoms with Crippen LogP contribution in [0.15, 0.2) is 0 Å². The molecule has 94 valence electrons. The first-order chi connectivity index (χ1) is 7.77. The van der Waals surface area contributed by atoms with Crippen molar-refractivity contribution in [2.45, 2.75) is 19.3 Å². The van der Waals surface area contributed by atoms with E-state index in [9.17, 15) is 4.79 Å². The maximum atomic E-state index is 11.6. The van der Waals surface area contributed by atoms with Crippen molar-refractivity contribution in [3.63, 3.8) is 0 Å². The molecule has 0 bridgehead atoms. The van der Waals surface area contributed by atoms with Crippen molar-refractivity contribution in [3.05, 3.63) is 0 Å². The highest BCUT2D eigenvalue weighted by molar-refractivity contribution is 7.80. The molecule has 0 aromatic heterocycles. The Kier molecular flexibility index (Phi) is 6.84. The van der Waals surface area contributed by atoms with Crippen molar-refractivity contribution in [3.8, 4) is 0 Å². The van der Waals surface area contributed by atoms with Gasteiger partial charge in [-0.1, -0.05) is 0 Å². The van der Waals surface area contributed by atoms with Crippen LogP contribution >= 0.6 is 12.6 Å². The summed E-state index contributed by atoms with van der Waals surface area (Å²) < 4.78 is 0. The molecule has 0 spiro atoms. The first-order valence-corrected chi connectivity index (χ1v) is 6.70. The smallest absolute Gasteiger partial charge is 0.222 e. The lowest BCUT2D eigenvalue weighted by Gasteiger charge is -2.16. The molecule has 1 amide bonds. The highest BCUT2D eigenvalue weighted by Crippen LogP contribution is 2.18. The minimum Gasteiger partial charge on any atom is -0.342 e. The fourth-order valence-electron chi connectivity index (χ4n) is 1.94. The Morgan fingerprint density at radius 3 is 2.81 bits per heavy atom. The Morgan fingerprint density at radius 2 is 2.19 bits per heavy atom. The van der Waals surface area contributed by atoms with E-state index in [1.165, 1.54) is 0 Å². The van der Waals surface area contributed by atoms with E-state index in [2.05, 4.69) is 17.9 Å². The van der Waals surface area contributed by atoms with Crippen molar-refractivity contribution in [1.82, 2.24) is 10.2 Å². The van der Waals surface area contributed by atoms with Crippen LogP contribution in [-0.4, -0.2) is 49.3 Å². The molecule has 1 atom stereocenters. The van der Waals surface area contributed by atoms with Crippen LogP contribution in [0.1, 0.15) is 19.3 Å². The molecule has 1 aliphatic heterocycles. The third-order valence-corrected chi connectivity index (χ3v) is 3.41. The molecule has 1 heterocycles. The van der Waals surface area contributed by atoms with Crippen molar-refractivity contribution in [2.75, 3.05) is 38.5 Å². The number of carbonyl (C=O) groups excluding carboxylic acids is 1. The van der Waals surface area contributed by atoms with Gasteiger partial charge in [-0.15, -0.1) is 0 Å². The third-order valence-electron chi connectivity index (χ3n) is 2.89. The fraction of sp³-hybridized carbons (Fsp3) is 0.909. The number of hydrogen-bond donors (Lipinski definition) is 3. The zero-order chi connectivity index (χ0) is 11.8. The van der Waals surface area contributed by atoms with Gasteiger partial charge in [-0.25, -0.2) is 0 Å². The van der Waals surface area contributed by atoms with E-state index in [1.54, 1.807) is 0 Å². The molecule has 0 aromatic carbocycles. The van der Waals surface area contributed by atoms with Gasteiger partial charge in [0.15, 0.2) is 0 Å². The van der Waals surface area contributed by atoms with Crippen LogP contribution < -0.4 is 11.1 Å². The average molecular weight is 245 g/mol. The monoisotopic (exact) mass is 245 g/mol. The zero-order valence-corrected chi connectivity index (χ0v) is 10.7. The van der Waals surface area contributed by atoms with Crippen LogP contribution in [-0.2, 0) is 4.79 Å². The normalized spacial score (nSPS) is 20.8. The third kappa shape index (κ3) is 4.72. The quantitative estimate of drug-likeness (QED) is 0.420. The maximum absolute atomic E-state index is 11.6. The minimum absolute atomic E-state index is 0.293. The summed E-state index contributed by atoms with van der Waals surface area (Å²) in [6.45, 7) is 4.45. The van der Waals surface area contributed by atoms with Crippen LogP contribution in [0.2, 0.25) is 0 Å². The van der Waals surface area contributed by atoms with Gasteiger partial charge >= 0.3 is 0 Å². The Bertz CT molecular complexity index is 213. The number of nitrogens with one attached hydrogen (secondary N) is 1. The molecule has 1 rings (SSSR count). The Hall–Kier alpha value is -0.260. The van der Waals surface area contributed by atoms with Gasteiger partial charge in [-0.3, -0.25) is 4.79 Å². The van der Waals surface area contributed by atoms with Gasteiger partial charge in [0.05, 0.1) is 0 Å². The lowest BCUT2D eigenvalue weighted by molar-refractivity contribution is -0.127. The summed E-state index contributed by atoms with van der Waals surface area (Å²) in [4.78, 5) is 13.5. The number of amides is 1. The number of hydrogen-bond acceptors (Lipinski definition) is 4. The lowest BCUT2D eigenvalue weighted by Crippen LogP contribution is -2.29. The molecule has 4 nitrogen and oxygen atoms in total. The summed E-state index contributed by atoms with van der Waals surface area (Å²) in [7, 11) is 0. The summed E-state index contributed by atoms with van der Waals surface area (Å²) >= 11 is 4.24. The Balaban J connectivity index is 2.03. The summed E-state index contributed by atoms with van der Waals surface area (Å²) in [5.41, 5.74) is 5.39. The van der Waals surface area contributed by atoms with E-state index in [-0.39, 0.29) is 0 Å². The number of nitrogens with zero attached hydrogens (tertiary/aromatic N) is 1. The largest absolute Gasteiger partial charge is 0.342 e. The highest BCUT2D eigenvalue weighted by Gasteiger charge is 2.27. The molecule has 0 saturated carbocycles. The first kappa shape index (κ1) is 13.8. The molecule has 0 aliphatic carbocycles. The van der Waals surface area contributed by atoms with Crippen molar-refractivity contribution >= 4 is 18.5 Å². The van der Waals surface area contributed by atoms with Crippen LogP contribution in [0.3, 0.4) is 0 Å². The Morgan fingerprint density at radius 1 is 1.44 bits per heavy atom. The lowest BCUT2D eigenvalue weighted by atomic mass is 10.1. The van der Waals surface area contributed by atoms with Gasteiger partial charge < -0.3 is 16.0 Å². The second kappa shape index (κ2) is 7.92. The predicted molar refractivity (Wildman–Crippen MR) is 69.7 cm³/mol. The highest BCUT2D eigenvalue weighted by atomic mass is 32.1. The molecule has 0 aromatic rings. The minimum atomic E-state index is 0.293. The van der Waals surface area contributed by atoms with E-state index in [0.717, 1.165) is 51.3 Å². The molecule has 0 radical (unpaired) electrons. The SMILES string of the molecule is NCCCNCCCN1CC(CS)CC1=O. The summed E-state index contributed by atoms with van der Waals surface area (Å²) in [6, 6.07) is 0. The number of carbonyl (C=O) groups is 1. The van der Waals surface area contributed by atoms with Crippen LogP contribution in [0.5, 0.6) is 0 Å². The van der Waals surface area contributed by atoms with Gasteiger partial charge in [-0.2, -0.15) is 12.6 Å². The molecular weight excluding hydrogens is 222 g/mol. The molecular formula is C11H23N3OS. The topological polar surface area (TPSA) is 58.4 Å². The molecule has 1 unspecified atom stereocenters. The molecule has 1 fully saturated rings. The summed E-state index contributed by atoms with van der Waals surface area (Å²) in [5, 5.41) is 3.32. The van der Waals surface area contributed by atoms with Crippen molar-refractivity contribution in [2.24, 2.45) is 11.7 Å². The molecule has 1 saturated heterocycles. The van der Waals surface area contributed by atoms with Crippen molar-refractivity contribution in [1.29, 1.82) is 0 Å². The van der Waals surface area contributed by atoms with Crippen molar-refractivity contribution < 1.29 is 4.79 Å². The van der Waals surface area contributed by atoms with E-state index in [1.807, 2.05) is 4.90 Å². The van der Waals surface area contributed by atoms with Gasteiger partial charge in [0, 0.05) is 19.5 Å². The number of thiol groups is 1. The molecule has 5 heteroatoms. The first-order valence-electron chi connectivity index (χ1n) is 6.07. The van der Waals surface area contributed by atoms with Gasteiger partial charge in [0.25, 0.3) is 0 Å². The van der Waals surface area contributed by atoms with E-state index >= 15 is 0 Å². The Labute approximate surface area is 103 Å².